The van der Waals surface area contributed by atoms with Gasteiger partial charge in [-0.1, -0.05) is 23.3 Å². The predicted octanol–water partition coefficient (Wildman–Crippen LogP) is 5.57. The van der Waals surface area contributed by atoms with Gasteiger partial charge in [-0.15, -0.1) is 0 Å². The number of fused-ring (bicyclic) bond motifs is 6. The van der Waals surface area contributed by atoms with Crippen LogP contribution >= 0.6 is 0 Å². The van der Waals surface area contributed by atoms with E-state index in [0.717, 1.165) is 0 Å². The molecule has 2 heterocycles. The minimum atomic E-state index is 1.20. The molecule has 106 valence electrons. The molecule has 0 aliphatic carbocycles. The van der Waals surface area contributed by atoms with Crippen LogP contribution in [0.5, 0.6) is 0 Å². The summed E-state index contributed by atoms with van der Waals surface area (Å²) in [6.45, 7) is 4.28. The highest BCUT2D eigenvalue weighted by Gasteiger charge is 2.10. The molecule has 0 bridgehead atoms. The van der Waals surface area contributed by atoms with Crippen molar-refractivity contribution in [2.45, 2.75) is 13.8 Å². The van der Waals surface area contributed by atoms with Gasteiger partial charge in [-0.05, 0) is 50.2 Å². The maximum atomic E-state index is 3.55. The summed E-state index contributed by atoms with van der Waals surface area (Å²) in [7, 11) is 0. The third kappa shape index (κ3) is 1.49. The van der Waals surface area contributed by atoms with Gasteiger partial charge in [0, 0.05) is 43.6 Å². The summed E-state index contributed by atoms with van der Waals surface area (Å²) < 4.78 is 0. The van der Waals surface area contributed by atoms with E-state index in [1.807, 2.05) is 0 Å². The molecule has 3 aromatic carbocycles. The minimum absolute atomic E-state index is 1.20. The van der Waals surface area contributed by atoms with Gasteiger partial charge in [0.05, 0.1) is 0 Å². The minimum Gasteiger partial charge on any atom is -0.354 e. The second-order valence-electron chi connectivity index (χ2n) is 6.29. The van der Waals surface area contributed by atoms with E-state index in [4.69, 9.17) is 0 Å². The Labute approximate surface area is 127 Å². The van der Waals surface area contributed by atoms with E-state index in [-0.39, 0.29) is 0 Å². The Morgan fingerprint density at radius 3 is 1.36 bits per heavy atom. The number of aryl methyl sites for hydroxylation is 2. The van der Waals surface area contributed by atoms with Crippen LogP contribution in [-0.4, -0.2) is 9.97 Å². The standard InChI is InChI=1S/C20H16N2/c1-11-3-5-17-13(7-11)15-9-20-16(10-19(15)21-17)14-8-12(2)4-6-18(14)22-20/h3-10,21-22H,1-2H3. The van der Waals surface area contributed by atoms with Crippen molar-refractivity contribution >= 4 is 43.6 Å². The maximum Gasteiger partial charge on any atom is 0.0472 e. The molecule has 0 aliphatic rings. The summed E-state index contributed by atoms with van der Waals surface area (Å²) in [5, 5.41) is 5.17. The van der Waals surface area contributed by atoms with Crippen LogP contribution in [0.2, 0.25) is 0 Å². The molecule has 0 radical (unpaired) electrons. The molecule has 22 heavy (non-hydrogen) atoms. The van der Waals surface area contributed by atoms with Crippen LogP contribution in [-0.2, 0) is 0 Å². The summed E-state index contributed by atoms with van der Waals surface area (Å²) >= 11 is 0. The third-order valence-corrected chi connectivity index (χ3v) is 4.63. The Morgan fingerprint density at radius 2 is 0.909 bits per heavy atom. The largest absolute Gasteiger partial charge is 0.354 e. The van der Waals surface area contributed by atoms with E-state index in [1.54, 1.807) is 0 Å². The van der Waals surface area contributed by atoms with Crippen LogP contribution in [0.15, 0.2) is 48.5 Å². The van der Waals surface area contributed by atoms with Gasteiger partial charge in [0.1, 0.15) is 0 Å². The number of aromatic amines is 2. The Hall–Kier alpha value is -2.74. The number of aromatic nitrogens is 2. The van der Waals surface area contributed by atoms with E-state index in [1.165, 1.54) is 54.7 Å². The monoisotopic (exact) mass is 284 g/mol. The van der Waals surface area contributed by atoms with Gasteiger partial charge in [-0.25, -0.2) is 0 Å². The van der Waals surface area contributed by atoms with Crippen molar-refractivity contribution in [1.82, 2.24) is 9.97 Å². The molecule has 0 atom stereocenters. The molecule has 5 aromatic rings. The SMILES string of the molecule is Cc1ccc2[nH]c3cc4c(cc3c2c1)[nH]c1ccc(C)cc14. The summed E-state index contributed by atoms with van der Waals surface area (Å²) in [5.74, 6) is 0. The van der Waals surface area contributed by atoms with E-state index >= 15 is 0 Å². The Morgan fingerprint density at radius 1 is 0.500 bits per heavy atom. The van der Waals surface area contributed by atoms with Crippen LogP contribution in [0.1, 0.15) is 11.1 Å². The van der Waals surface area contributed by atoms with E-state index < -0.39 is 0 Å². The van der Waals surface area contributed by atoms with Gasteiger partial charge in [-0.2, -0.15) is 0 Å². The van der Waals surface area contributed by atoms with Crippen LogP contribution in [0.3, 0.4) is 0 Å². The number of H-pyrrole nitrogens is 2. The third-order valence-electron chi connectivity index (χ3n) is 4.63. The molecule has 0 saturated carbocycles. The van der Waals surface area contributed by atoms with Crippen LogP contribution in [0, 0.1) is 13.8 Å². The molecule has 2 nitrogen and oxygen atoms in total. The summed E-state index contributed by atoms with van der Waals surface area (Å²) in [6, 6.07) is 17.7. The number of benzene rings is 3. The van der Waals surface area contributed by atoms with Gasteiger partial charge in [0.25, 0.3) is 0 Å². The average Bonchev–Trinajstić information content (AvgIpc) is 3.02. The lowest BCUT2D eigenvalue weighted by atomic mass is 10.1. The lowest BCUT2D eigenvalue weighted by molar-refractivity contribution is 1.49. The van der Waals surface area contributed by atoms with Gasteiger partial charge in [0.15, 0.2) is 0 Å². The first-order valence-electron chi connectivity index (χ1n) is 7.63. The Balaban J connectivity index is 1.99. The van der Waals surface area contributed by atoms with Crippen molar-refractivity contribution in [2.75, 3.05) is 0 Å². The molecule has 5 rings (SSSR count). The normalized spacial score (nSPS) is 12.1. The van der Waals surface area contributed by atoms with Crippen molar-refractivity contribution < 1.29 is 0 Å². The number of hydrogen-bond acceptors (Lipinski definition) is 0. The number of hydrogen-bond donors (Lipinski definition) is 2. The van der Waals surface area contributed by atoms with Crippen molar-refractivity contribution in [3.8, 4) is 0 Å². The first-order chi connectivity index (χ1) is 10.7. The molecule has 2 heteroatoms. The second kappa shape index (κ2) is 3.92. The number of rotatable bonds is 0. The second-order valence-corrected chi connectivity index (χ2v) is 6.29. The molecule has 0 spiro atoms. The zero-order chi connectivity index (χ0) is 14.8. The summed E-state index contributed by atoms with van der Waals surface area (Å²) in [6.07, 6.45) is 0. The van der Waals surface area contributed by atoms with Gasteiger partial charge < -0.3 is 9.97 Å². The molecule has 0 saturated heterocycles. The van der Waals surface area contributed by atoms with Crippen LogP contribution in [0.25, 0.3) is 43.6 Å². The fraction of sp³-hybridized carbons (Fsp3) is 0.100. The quantitative estimate of drug-likeness (QED) is 0.372. The fourth-order valence-corrected chi connectivity index (χ4v) is 3.52. The molecule has 0 amide bonds. The lowest BCUT2D eigenvalue weighted by Gasteiger charge is -1.95. The molecular formula is C20H16N2. The first kappa shape index (κ1) is 11.9. The van der Waals surface area contributed by atoms with Crippen molar-refractivity contribution in [2.24, 2.45) is 0 Å². The molecule has 0 aliphatic heterocycles. The van der Waals surface area contributed by atoms with Gasteiger partial charge >= 0.3 is 0 Å². The predicted molar refractivity (Wildman–Crippen MR) is 94.6 cm³/mol. The van der Waals surface area contributed by atoms with Crippen LogP contribution < -0.4 is 0 Å². The number of nitrogens with one attached hydrogen (secondary N) is 2. The first-order valence-corrected chi connectivity index (χ1v) is 7.63. The van der Waals surface area contributed by atoms with Gasteiger partial charge in [0.2, 0.25) is 0 Å². The molecule has 0 fully saturated rings. The molecular weight excluding hydrogens is 268 g/mol. The highest BCUT2D eigenvalue weighted by atomic mass is 14.7. The zero-order valence-electron chi connectivity index (χ0n) is 12.6. The topological polar surface area (TPSA) is 31.6 Å². The van der Waals surface area contributed by atoms with Crippen molar-refractivity contribution in [1.29, 1.82) is 0 Å². The fourth-order valence-electron chi connectivity index (χ4n) is 3.52. The highest BCUT2D eigenvalue weighted by Crippen LogP contribution is 2.33. The zero-order valence-corrected chi connectivity index (χ0v) is 12.6. The average molecular weight is 284 g/mol. The lowest BCUT2D eigenvalue weighted by Crippen LogP contribution is -1.72. The summed E-state index contributed by atoms with van der Waals surface area (Å²) in [5.41, 5.74) is 7.40. The molecule has 2 N–H and O–H groups in total. The molecule has 2 aromatic heterocycles. The Kier molecular flexibility index (Phi) is 2.11. The van der Waals surface area contributed by atoms with E-state index in [2.05, 4.69) is 72.3 Å². The van der Waals surface area contributed by atoms with Crippen molar-refractivity contribution in [3.63, 3.8) is 0 Å². The maximum absolute atomic E-state index is 3.55. The van der Waals surface area contributed by atoms with E-state index in [0.29, 0.717) is 0 Å². The summed E-state index contributed by atoms with van der Waals surface area (Å²) in [4.78, 5) is 7.11. The molecule has 0 unspecified atom stereocenters. The smallest absolute Gasteiger partial charge is 0.0472 e. The van der Waals surface area contributed by atoms with Crippen molar-refractivity contribution in [3.05, 3.63) is 59.7 Å². The Bertz CT molecular complexity index is 1090. The highest BCUT2D eigenvalue weighted by molar-refractivity contribution is 6.17. The van der Waals surface area contributed by atoms with Gasteiger partial charge in [-0.3, -0.25) is 0 Å². The van der Waals surface area contributed by atoms with E-state index in [9.17, 15) is 0 Å². The van der Waals surface area contributed by atoms with Crippen LogP contribution in [0.4, 0.5) is 0 Å².